The monoisotopic (exact) mass is 338 g/mol. The molecule has 1 aromatic carbocycles. The molecule has 126 valence electrons. The highest BCUT2D eigenvalue weighted by Gasteiger charge is 2.21. The van der Waals surface area contributed by atoms with Crippen LogP contribution in [-0.4, -0.2) is 49.6 Å². The highest BCUT2D eigenvalue weighted by Crippen LogP contribution is 2.14. The molecule has 1 saturated heterocycles. The predicted octanol–water partition coefficient (Wildman–Crippen LogP) is 2.34. The van der Waals surface area contributed by atoms with Gasteiger partial charge in [-0.15, -0.1) is 0 Å². The first-order valence-electron chi connectivity index (χ1n) is 7.99. The summed E-state index contributed by atoms with van der Waals surface area (Å²) in [6, 6.07) is 6.67. The van der Waals surface area contributed by atoms with Gasteiger partial charge in [0.2, 0.25) is 5.91 Å². The lowest BCUT2D eigenvalue weighted by molar-refractivity contribution is -0.131. The van der Waals surface area contributed by atoms with Gasteiger partial charge in [-0.2, -0.15) is 0 Å². The fourth-order valence-electron chi connectivity index (χ4n) is 2.59. The van der Waals surface area contributed by atoms with Gasteiger partial charge in [0.1, 0.15) is 0 Å². The van der Waals surface area contributed by atoms with Crippen LogP contribution in [0.2, 0.25) is 5.02 Å². The highest BCUT2D eigenvalue weighted by atomic mass is 35.5. The summed E-state index contributed by atoms with van der Waals surface area (Å²) in [7, 11) is 0. The quantitative estimate of drug-likeness (QED) is 0.830. The zero-order chi connectivity index (χ0) is 16.7. The molecule has 1 aliphatic heterocycles. The van der Waals surface area contributed by atoms with Gasteiger partial charge in [0.25, 0.3) is 5.91 Å². The molecular formula is C17H23ClN2O3. The lowest BCUT2D eigenvalue weighted by Crippen LogP contribution is -2.37. The van der Waals surface area contributed by atoms with E-state index in [9.17, 15) is 9.59 Å². The van der Waals surface area contributed by atoms with E-state index in [1.807, 2.05) is 11.8 Å². The molecule has 2 amide bonds. The Bertz CT molecular complexity index is 527. The molecule has 1 fully saturated rings. The SMILES string of the molecule is CCN(CC1CCOC1)C(=O)CCNC(=O)c1ccc(Cl)cc1. The topological polar surface area (TPSA) is 58.6 Å². The van der Waals surface area contributed by atoms with Crippen LogP contribution < -0.4 is 5.32 Å². The predicted molar refractivity (Wildman–Crippen MR) is 89.6 cm³/mol. The number of hydrogen-bond acceptors (Lipinski definition) is 3. The molecular weight excluding hydrogens is 316 g/mol. The zero-order valence-corrected chi connectivity index (χ0v) is 14.1. The minimum absolute atomic E-state index is 0.0656. The van der Waals surface area contributed by atoms with E-state index in [0.29, 0.717) is 36.0 Å². The summed E-state index contributed by atoms with van der Waals surface area (Å²) in [4.78, 5) is 26.0. The average Bonchev–Trinajstić information content (AvgIpc) is 3.06. The van der Waals surface area contributed by atoms with Gasteiger partial charge in [-0.05, 0) is 37.6 Å². The Morgan fingerprint density at radius 1 is 1.35 bits per heavy atom. The van der Waals surface area contributed by atoms with E-state index in [0.717, 1.165) is 26.2 Å². The molecule has 1 aliphatic rings. The van der Waals surface area contributed by atoms with Crippen molar-refractivity contribution in [1.82, 2.24) is 10.2 Å². The summed E-state index contributed by atoms with van der Waals surface area (Å²) in [5, 5.41) is 3.36. The van der Waals surface area contributed by atoms with Gasteiger partial charge in [-0.25, -0.2) is 0 Å². The van der Waals surface area contributed by atoms with Crippen molar-refractivity contribution in [2.45, 2.75) is 19.8 Å². The standard InChI is InChI=1S/C17H23ClN2O3/c1-2-20(11-13-8-10-23-12-13)16(21)7-9-19-17(22)14-3-5-15(18)6-4-14/h3-6,13H,2,7-12H2,1H3,(H,19,22). The second-order valence-corrected chi connectivity index (χ2v) is 6.11. The van der Waals surface area contributed by atoms with Crippen LogP contribution in [0.3, 0.4) is 0 Å². The molecule has 5 nitrogen and oxygen atoms in total. The van der Waals surface area contributed by atoms with Crippen LogP contribution in [-0.2, 0) is 9.53 Å². The zero-order valence-electron chi connectivity index (χ0n) is 13.4. The van der Waals surface area contributed by atoms with Crippen molar-refractivity contribution in [2.24, 2.45) is 5.92 Å². The van der Waals surface area contributed by atoms with Crippen LogP contribution in [0.4, 0.5) is 0 Å². The lowest BCUT2D eigenvalue weighted by Gasteiger charge is -2.23. The summed E-state index contributed by atoms with van der Waals surface area (Å²) in [6.07, 6.45) is 1.32. The van der Waals surface area contributed by atoms with Crippen LogP contribution in [0.15, 0.2) is 24.3 Å². The third-order valence-electron chi connectivity index (χ3n) is 3.97. The summed E-state index contributed by atoms with van der Waals surface area (Å²) in [6.45, 7) is 5.24. The summed E-state index contributed by atoms with van der Waals surface area (Å²) in [5.41, 5.74) is 0.539. The Kier molecular flexibility index (Phi) is 6.86. The van der Waals surface area contributed by atoms with Crippen LogP contribution in [0.25, 0.3) is 0 Å². The van der Waals surface area contributed by atoms with E-state index in [1.54, 1.807) is 24.3 Å². The Labute approximate surface area is 141 Å². The molecule has 1 aromatic rings. The number of amides is 2. The number of carbonyl (C=O) groups is 2. The largest absolute Gasteiger partial charge is 0.381 e. The van der Waals surface area contributed by atoms with Gasteiger partial charge >= 0.3 is 0 Å². The molecule has 0 aromatic heterocycles. The first-order chi connectivity index (χ1) is 11.1. The molecule has 0 saturated carbocycles. The fraction of sp³-hybridized carbons (Fsp3) is 0.529. The van der Waals surface area contributed by atoms with Gasteiger partial charge in [-0.1, -0.05) is 11.6 Å². The third-order valence-corrected chi connectivity index (χ3v) is 4.22. The first-order valence-corrected chi connectivity index (χ1v) is 8.37. The molecule has 23 heavy (non-hydrogen) atoms. The minimum atomic E-state index is -0.193. The highest BCUT2D eigenvalue weighted by molar-refractivity contribution is 6.30. The number of nitrogens with one attached hydrogen (secondary N) is 1. The average molecular weight is 339 g/mol. The fourth-order valence-corrected chi connectivity index (χ4v) is 2.72. The van der Waals surface area contributed by atoms with E-state index in [2.05, 4.69) is 5.32 Å². The Morgan fingerprint density at radius 3 is 2.70 bits per heavy atom. The maximum Gasteiger partial charge on any atom is 0.251 e. The van der Waals surface area contributed by atoms with Crippen LogP contribution >= 0.6 is 11.6 Å². The van der Waals surface area contributed by atoms with Crippen molar-refractivity contribution >= 4 is 23.4 Å². The van der Waals surface area contributed by atoms with Crippen molar-refractivity contribution in [3.63, 3.8) is 0 Å². The van der Waals surface area contributed by atoms with E-state index >= 15 is 0 Å². The Hall–Kier alpha value is -1.59. The van der Waals surface area contributed by atoms with Crippen molar-refractivity contribution < 1.29 is 14.3 Å². The number of benzene rings is 1. The molecule has 0 radical (unpaired) electrons. The third kappa shape index (κ3) is 5.52. The second-order valence-electron chi connectivity index (χ2n) is 5.67. The number of nitrogens with zero attached hydrogens (tertiary/aromatic N) is 1. The van der Waals surface area contributed by atoms with Crippen LogP contribution in [0.5, 0.6) is 0 Å². The van der Waals surface area contributed by atoms with Gasteiger partial charge in [-0.3, -0.25) is 9.59 Å². The number of halogens is 1. The van der Waals surface area contributed by atoms with E-state index in [1.165, 1.54) is 0 Å². The van der Waals surface area contributed by atoms with Crippen molar-refractivity contribution in [3.05, 3.63) is 34.9 Å². The number of ether oxygens (including phenoxy) is 1. The van der Waals surface area contributed by atoms with Gasteiger partial charge in [0.05, 0.1) is 6.61 Å². The molecule has 0 aliphatic carbocycles. The Morgan fingerprint density at radius 2 is 2.09 bits per heavy atom. The Balaban J connectivity index is 1.74. The normalized spacial score (nSPS) is 17.0. The van der Waals surface area contributed by atoms with Gasteiger partial charge in [0, 0.05) is 49.2 Å². The molecule has 2 rings (SSSR count). The molecule has 1 unspecified atom stereocenters. The number of rotatable bonds is 7. The van der Waals surface area contributed by atoms with E-state index < -0.39 is 0 Å². The summed E-state index contributed by atoms with van der Waals surface area (Å²) < 4.78 is 5.35. The van der Waals surface area contributed by atoms with E-state index in [4.69, 9.17) is 16.3 Å². The van der Waals surface area contributed by atoms with Crippen LogP contribution in [0.1, 0.15) is 30.1 Å². The van der Waals surface area contributed by atoms with Gasteiger partial charge in [0.15, 0.2) is 0 Å². The smallest absolute Gasteiger partial charge is 0.251 e. The van der Waals surface area contributed by atoms with Gasteiger partial charge < -0.3 is 15.0 Å². The number of hydrogen-bond donors (Lipinski definition) is 1. The van der Waals surface area contributed by atoms with Crippen molar-refractivity contribution in [3.8, 4) is 0 Å². The van der Waals surface area contributed by atoms with Crippen molar-refractivity contribution in [1.29, 1.82) is 0 Å². The molecule has 0 spiro atoms. The number of carbonyl (C=O) groups excluding carboxylic acids is 2. The summed E-state index contributed by atoms with van der Waals surface area (Å²) >= 11 is 5.79. The molecule has 0 bridgehead atoms. The maximum absolute atomic E-state index is 12.2. The molecule has 6 heteroatoms. The summed E-state index contributed by atoms with van der Waals surface area (Å²) in [5.74, 6) is 0.306. The molecule has 1 heterocycles. The molecule has 1 N–H and O–H groups in total. The maximum atomic E-state index is 12.2. The molecule has 1 atom stereocenters. The van der Waals surface area contributed by atoms with Crippen LogP contribution in [0, 0.1) is 5.92 Å². The second kappa shape index (κ2) is 8.89. The lowest BCUT2D eigenvalue weighted by atomic mass is 10.1. The first kappa shape index (κ1) is 17.8. The minimum Gasteiger partial charge on any atom is -0.381 e. The van der Waals surface area contributed by atoms with E-state index in [-0.39, 0.29) is 11.8 Å². The van der Waals surface area contributed by atoms with Crippen molar-refractivity contribution in [2.75, 3.05) is 32.8 Å².